The molecule has 1 fully saturated rings. The highest BCUT2D eigenvalue weighted by atomic mass is 15.3. The van der Waals surface area contributed by atoms with E-state index in [1.807, 2.05) is 0 Å². The van der Waals surface area contributed by atoms with E-state index in [1.54, 1.807) is 0 Å². The predicted molar refractivity (Wildman–Crippen MR) is 75.7 cm³/mol. The summed E-state index contributed by atoms with van der Waals surface area (Å²) >= 11 is 0. The number of hydrogen-bond donors (Lipinski definition) is 1. The van der Waals surface area contributed by atoms with Gasteiger partial charge in [-0.1, -0.05) is 20.8 Å². The van der Waals surface area contributed by atoms with E-state index >= 15 is 0 Å². The minimum atomic E-state index is 0.211. The Morgan fingerprint density at radius 2 is 2.17 bits per heavy atom. The Bertz CT molecular complexity index is 392. The first-order chi connectivity index (χ1) is 8.34. The van der Waals surface area contributed by atoms with E-state index in [-0.39, 0.29) is 11.0 Å². The van der Waals surface area contributed by atoms with E-state index in [9.17, 15) is 0 Å². The van der Waals surface area contributed by atoms with Gasteiger partial charge in [0.05, 0.1) is 5.69 Å². The Morgan fingerprint density at radius 3 is 2.61 bits per heavy atom. The van der Waals surface area contributed by atoms with Crippen molar-refractivity contribution in [3.8, 4) is 0 Å². The predicted octanol–water partition coefficient (Wildman–Crippen LogP) is 3.17. The van der Waals surface area contributed by atoms with Gasteiger partial charge in [0.1, 0.15) is 0 Å². The lowest BCUT2D eigenvalue weighted by Crippen LogP contribution is -2.52. The first kappa shape index (κ1) is 13.6. The maximum Gasteiger partial charge on any atom is 0.0643 e. The Morgan fingerprint density at radius 1 is 1.44 bits per heavy atom. The van der Waals surface area contributed by atoms with Crippen LogP contribution in [0.3, 0.4) is 0 Å². The van der Waals surface area contributed by atoms with E-state index in [1.165, 1.54) is 18.5 Å². The average molecular weight is 249 g/mol. The molecule has 0 aromatic carbocycles. The van der Waals surface area contributed by atoms with E-state index < -0.39 is 0 Å². The molecule has 0 saturated carbocycles. The summed E-state index contributed by atoms with van der Waals surface area (Å²) in [5.74, 6) is 0. The Kier molecular flexibility index (Phi) is 3.54. The molecule has 2 heterocycles. The largest absolute Gasteiger partial charge is 0.310 e. The highest BCUT2D eigenvalue weighted by Crippen LogP contribution is 2.39. The molecule has 2 rings (SSSR count). The third kappa shape index (κ3) is 2.46. The van der Waals surface area contributed by atoms with Gasteiger partial charge >= 0.3 is 0 Å². The Hall–Kier alpha value is -0.830. The van der Waals surface area contributed by atoms with Gasteiger partial charge in [-0.3, -0.25) is 4.68 Å². The van der Waals surface area contributed by atoms with Crippen molar-refractivity contribution in [3.05, 3.63) is 18.0 Å². The molecule has 1 aromatic heterocycles. The summed E-state index contributed by atoms with van der Waals surface area (Å²) in [6.45, 7) is 12.5. The highest BCUT2D eigenvalue weighted by molar-refractivity contribution is 5.12. The third-order valence-electron chi connectivity index (χ3n) is 4.35. The second-order valence-corrected chi connectivity index (χ2v) is 6.92. The van der Waals surface area contributed by atoms with Crippen molar-refractivity contribution in [1.82, 2.24) is 15.1 Å². The summed E-state index contributed by atoms with van der Waals surface area (Å²) < 4.78 is 2.06. The van der Waals surface area contributed by atoms with Gasteiger partial charge in [0.25, 0.3) is 0 Å². The molecule has 3 heteroatoms. The van der Waals surface area contributed by atoms with Crippen LogP contribution < -0.4 is 5.32 Å². The average Bonchev–Trinajstić information content (AvgIpc) is 2.86. The van der Waals surface area contributed by atoms with Crippen molar-refractivity contribution in [1.29, 1.82) is 0 Å². The normalized spacial score (nSPS) is 25.0. The lowest BCUT2D eigenvalue weighted by atomic mass is 9.70. The molecular formula is C15H27N3. The summed E-state index contributed by atoms with van der Waals surface area (Å²) in [7, 11) is 0. The van der Waals surface area contributed by atoms with Crippen LogP contribution in [0, 0.1) is 5.41 Å². The molecule has 0 spiro atoms. The molecule has 0 aliphatic carbocycles. The van der Waals surface area contributed by atoms with Gasteiger partial charge in [-0.05, 0) is 44.7 Å². The second-order valence-electron chi connectivity index (χ2n) is 6.92. The van der Waals surface area contributed by atoms with Gasteiger partial charge in [0, 0.05) is 24.2 Å². The topological polar surface area (TPSA) is 29.9 Å². The zero-order valence-electron chi connectivity index (χ0n) is 12.5. The lowest BCUT2D eigenvalue weighted by Gasteiger charge is -2.42. The van der Waals surface area contributed by atoms with Crippen molar-refractivity contribution in [2.45, 2.75) is 65.5 Å². The van der Waals surface area contributed by atoms with Crippen molar-refractivity contribution >= 4 is 0 Å². The molecule has 3 nitrogen and oxygen atoms in total. The van der Waals surface area contributed by atoms with Crippen LogP contribution in [0.25, 0.3) is 0 Å². The van der Waals surface area contributed by atoms with E-state index in [0.717, 1.165) is 13.0 Å². The molecule has 0 bridgehead atoms. The van der Waals surface area contributed by atoms with Gasteiger partial charge in [-0.25, -0.2) is 0 Å². The summed E-state index contributed by atoms with van der Waals surface area (Å²) in [4.78, 5) is 0. The number of nitrogens with zero attached hydrogens (tertiary/aromatic N) is 2. The first-order valence-corrected chi connectivity index (χ1v) is 7.13. The molecular weight excluding hydrogens is 222 g/mol. The zero-order chi connectivity index (χ0) is 13.4. The summed E-state index contributed by atoms with van der Waals surface area (Å²) in [6, 6.07) is 2.62. The van der Waals surface area contributed by atoms with Crippen LogP contribution in [-0.4, -0.2) is 21.9 Å². The lowest BCUT2D eigenvalue weighted by molar-refractivity contribution is 0.158. The minimum Gasteiger partial charge on any atom is -0.310 e. The summed E-state index contributed by atoms with van der Waals surface area (Å²) in [6.07, 6.45) is 5.68. The fourth-order valence-electron chi connectivity index (χ4n) is 2.93. The summed E-state index contributed by atoms with van der Waals surface area (Å²) in [5, 5.41) is 8.46. The van der Waals surface area contributed by atoms with Crippen molar-refractivity contribution in [3.63, 3.8) is 0 Å². The smallest absolute Gasteiger partial charge is 0.0643 e. The Balaban J connectivity index is 2.19. The number of hydrogen-bond acceptors (Lipinski definition) is 2. The quantitative estimate of drug-likeness (QED) is 0.891. The van der Waals surface area contributed by atoms with Gasteiger partial charge in [-0.15, -0.1) is 0 Å². The van der Waals surface area contributed by atoms with Crippen LogP contribution in [0.5, 0.6) is 0 Å². The van der Waals surface area contributed by atoms with Gasteiger partial charge < -0.3 is 5.32 Å². The molecule has 18 heavy (non-hydrogen) atoms. The van der Waals surface area contributed by atoms with Gasteiger partial charge in [-0.2, -0.15) is 5.10 Å². The van der Waals surface area contributed by atoms with Crippen molar-refractivity contribution in [2.75, 3.05) is 6.54 Å². The zero-order valence-corrected chi connectivity index (χ0v) is 12.5. The SMILES string of the molecule is CC(C)n1ccc(CC2(C(C)(C)C)CCCN2)n1. The van der Waals surface area contributed by atoms with Crippen LogP contribution >= 0.6 is 0 Å². The van der Waals surface area contributed by atoms with Crippen LogP contribution in [0.1, 0.15) is 59.2 Å². The fourth-order valence-corrected chi connectivity index (χ4v) is 2.93. The standard InChI is InChI=1S/C15H27N3/c1-12(2)18-10-7-13(17-18)11-15(14(3,4)5)8-6-9-16-15/h7,10,12,16H,6,8-9,11H2,1-5H3. The fraction of sp³-hybridized carbons (Fsp3) is 0.800. The second kappa shape index (κ2) is 4.69. The molecule has 0 amide bonds. The first-order valence-electron chi connectivity index (χ1n) is 7.13. The van der Waals surface area contributed by atoms with E-state index in [2.05, 4.69) is 56.9 Å². The van der Waals surface area contributed by atoms with Gasteiger partial charge in [0.15, 0.2) is 0 Å². The number of nitrogens with one attached hydrogen (secondary N) is 1. The Labute approximate surface area is 111 Å². The van der Waals surface area contributed by atoms with Crippen LogP contribution in [0.15, 0.2) is 12.3 Å². The van der Waals surface area contributed by atoms with Crippen LogP contribution in [0.2, 0.25) is 0 Å². The molecule has 1 aliphatic heterocycles. The molecule has 1 unspecified atom stereocenters. The minimum absolute atomic E-state index is 0.211. The van der Waals surface area contributed by atoms with Crippen LogP contribution in [0.4, 0.5) is 0 Å². The van der Waals surface area contributed by atoms with Crippen LogP contribution in [-0.2, 0) is 6.42 Å². The molecule has 1 atom stereocenters. The van der Waals surface area contributed by atoms with Crippen molar-refractivity contribution < 1.29 is 0 Å². The third-order valence-corrected chi connectivity index (χ3v) is 4.35. The molecule has 1 aromatic rings. The maximum absolute atomic E-state index is 4.71. The molecule has 102 valence electrons. The van der Waals surface area contributed by atoms with E-state index in [4.69, 9.17) is 5.10 Å². The highest BCUT2D eigenvalue weighted by Gasteiger charge is 2.44. The van der Waals surface area contributed by atoms with E-state index in [0.29, 0.717) is 6.04 Å². The molecule has 0 radical (unpaired) electrons. The summed E-state index contributed by atoms with van der Waals surface area (Å²) in [5.41, 5.74) is 1.70. The monoisotopic (exact) mass is 249 g/mol. The number of rotatable bonds is 3. The van der Waals surface area contributed by atoms with Crippen molar-refractivity contribution in [2.24, 2.45) is 5.41 Å². The maximum atomic E-state index is 4.71. The molecule has 1 aliphatic rings. The van der Waals surface area contributed by atoms with Gasteiger partial charge in [0.2, 0.25) is 0 Å². The molecule has 1 saturated heterocycles. The number of aromatic nitrogens is 2. The molecule has 1 N–H and O–H groups in total.